The van der Waals surface area contributed by atoms with E-state index in [-0.39, 0.29) is 12.5 Å². The molecule has 0 saturated heterocycles. The number of likely N-dealkylation sites (N-methyl/N-ethyl adjacent to an activating group) is 1. The zero-order valence-electron chi connectivity index (χ0n) is 6.20. The van der Waals surface area contributed by atoms with E-state index in [2.05, 4.69) is 0 Å². The van der Waals surface area contributed by atoms with Crippen molar-refractivity contribution in [2.24, 2.45) is 5.73 Å². The Morgan fingerprint density at radius 2 is 2.20 bits per heavy atom. The van der Waals surface area contributed by atoms with Crippen LogP contribution in [0, 0.1) is 0 Å². The van der Waals surface area contributed by atoms with Crippen molar-refractivity contribution in [3.63, 3.8) is 0 Å². The topological polar surface area (TPSA) is 63.4 Å². The van der Waals surface area contributed by atoms with E-state index in [1.165, 1.54) is 0 Å². The van der Waals surface area contributed by atoms with Gasteiger partial charge in [-0.2, -0.15) is 0 Å². The quantitative estimate of drug-likeness (QED) is 0.514. The SMILES string of the molecule is CN(C)[C@H](C=O)CC(N)=O. The summed E-state index contributed by atoms with van der Waals surface area (Å²) in [5, 5.41) is 0. The molecule has 0 bridgehead atoms. The van der Waals surface area contributed by atoms with Crippen LogP contribution in [0.1, 0.15) is 6.42 Å². The largest absolute Gasteiger partial charge is 0.370 e. The molecule has 0 aliphatic carbocycles. The fourth-order valence-electron chi connectivity index (χ4n) is 0.559. The third-order valence-corrected chi connectivity index (χ3v) is 1.23. The fourth-order valence-corrected chi connectivity index (χ4v) is 0.559. The van der Waals surface area contributed by atoms with Crippen molar-refractivity contribution in [3.8, 4) is 0 Å². The molecule has 0 unspecified atom stereocenters. The lowest BCUT2D eigenvalue weighted by Crippen LogP contribution is -2.33. The van der Waals surface area contributed by atoms with Gasteiger partial charge in [-0.15, -0.1) is 0 Å². The Labute approximate surface area is 60.0 Å². The Balaban J connectivity index is 3.83. The van der Waals surface area contributed by atoms with Crippen LogP contribution < -0.4 is 5.73 Å². The first-order valence-electron chi connectivity index (χ1n) is 2.98. The molecule has 2 N–H and O–H groups in total. The Kier molecular flexibility index (Phi) is 3.64. The lowest BCUT2D eigenvalue weighted by Gasteiger charge is -2.15. The molecule has 0 radical (unpaired) electrons. The summed E-state index contributed by atoms with van der Waals surface area (Å²) in [5.74, 6) is -0.453. The zero-order chi connectivity index (χ0) is 8.15. The summed E-state index contributed by atoms with van der Waals surface area (Å²) >= 11 is 0. The molecule has 0 aromatic rings. The molecule has 1 atom stereocenters. The second-order valence-electron chi connectivity index (χ2n) is 2.34. The highest BCUT2D eigenvalue weighted by atomic mass is 16.1. The van der Waals surface area contributed by atoms with Gasteiger partial charge in [-0.05, 0) is 14.1 Å². The highest BCUT2D eigenvalue weighted by molar-refractivity contribution is 5.78. The summed E-state index contributed by atoms with van der Waals surface area (Å²) < 4.78 is 0. The van der Waals surface area contributed by atoms with Crippen molar-refractivity contribution in [1.82, 2.24) is 4.90 Å². The molecule has 10 heavy (non-hydrogen) atoms. The van der Waals surface area contributed by atoms with Gasteiger partial charge in [0.15, 0.2) is 0 Å². The van der Waals surface area contributed by atoms with E-state index in [1.54, 1.807) is 19.0 Å². The minimum Gasteiger partial charge on any atom is -0.370 e. The van der Waals surface area contributed by atoms with Crippen molar-refractivity contribution in [2.45, 2.75) is 12.5 Å². The molecular formula is C6H12N2O2. The first-order valence-corrected chi connectivity index (χ1v) is 2.98. The van der Waals surface area contributed by atoms with Gasteiger partial charge in [-0.3, -0.25) is 9.69 Å². The second-order valence-corrected chi connectivity index (χ2v) is 2.34. The number of hydrogen-bond acceptors (Lipinski definition) is 3. The van der Waals surface area contributed by atoms with Gasteiger partial charge in [0.05, 0.1) is 6.04 Å². The van der Waals surface area contributed by atoms with Crippen LogP contribution >= 0.6 is 0 Å². The van der Waals surface area contributed by atoms with Crippen LogP contribution in [-0.2, 0) is 9.59 Å². The second kappa shape index (κ2) is 4.00. The Morgan fingerprint density at radius 1 is 1.70 bits per heavy atom. The van der Waals surface area contributed by atoms with E-state index < -0.39 is 5.91 Å². The van der Waals surface area contributed by atoms with Gasteiger partial charge in [-0.1, -0.05) is 0 Å². The number of primary amides is 1. The molecule has 0 saturated carbocycles. The molecule has 0 spiro atoms. The number of carbonyl (C=O) groups is 2. The number of nitrogens with zero attached hydrogens (tertiary/aromatic N) is 1. The number of carbonyl (C=O) groups excluding carboxylic acids is 2. The first-order chi connectivity index (χ1) is 4.57. The van der Waals surface area contributed by atoms with Crippen LogP contribution in [0.3, 0.4) is 0 Å². The van der Waals surface area contributed by atoms with Gasteiger partial charge in [-0.25, -0.2) is 0 Å². The molecule has 4 heteroatoms. The summed E-state index contributed by atoms with van der Waals surface area (Å²) in [4.78, 5) is 22.2. The monoisotopic (exact) mass is 144 g/mol. The molecule has 0 aliphatic heterocycles. The average Bonchev–Trinajstić information content (AvgIpc) is 1.81. The number of amides is 1. The van der Waals surface area contributed by atoms with Crippen molar-refractivity contribution < 1.29 is 9.59 Å². The van der Waals surface area contributed by atoms with Crippen LogP contribution in [-0.4, -0.2) is 37.2 Å². The van der Waals surface area contributed by atoms with Crippen LogP contribution in [0.5, 0.6) is 0 Å². The molecule has 0 aromatic carbocycles. The lowest BCUT2D eigenvalue weighted by atomic mass is 10.2. The van der Waals surface area contributed by atoms with E-state index in [0.29, 0.717) is 6.29 Å². The predicted molar refractivity (Wildman–Crippen MR) is 37.4 cm³/mol. The van der Waals surface area contributed by atoms with Crippen LogP contribution in [0.4, 0.5) is 0 Å². The van der Waals surface area contributed by atoms with E-state index in [1.807, 2.05) is 0 Å². The third kappa shape index (κ3) is 3.19. The summed E-state index contributed by atoms with van der Waals surface area (Å²) in [6.07, 6.45) is 0.807. The number of aldehydes is 1. The maximum Gasteiger partial charge on any atom is 0.219 e. The minimum absolute atomic E-state index is 0.0938. The standard InChI is InChI=1S/C6H12N2O2/c1-8(2)5(4-9)3-6(7)10/h4-5H,3H2,1-2H3,(H2,7,10)/t5-/m0/s1. The number of hydrogen-bond donors (Lipinski definition) is 1. The average molecular weight is 144 g/mol. The summed E-state index contributed by atoms with van der Waals surface area (Å²) in [6.45, 7) is 0. The van der Waals surface area contributed by atoms with Crippen LogP contribution in [0.25, 0.3) is 0 Å². The molecule has 0 heterocycles. The lowest BCUT2D eigenvalue weighted by molar-refractivity contribution is -0.122. The van der Waals surface area contributed by atoms with E-state index in [4.69, 9.17) is 5.73 Å². The van der Waals surface area contributed by atoms with Crippen molar-refractivity contribution in [3.05, 3.63) is 0 Å². The van der Waals surface area contributed by atoms with Gasteiger partial charge in [0.1, 0.15) is 6.29 Å². The third-order valence-electron chi connectivity index (χ3n) is 1.23. The Morgan fingerprint density at radius 3 is 2.30 bits per heavy atom. The molecule has 0 aromatic heterocycles. The van der Waals surface area contributed by atoms with Gasteiger partial charge >= 0.3 is 0 Å². The molecule has 1 amide bonds. The van der Waals surface area contributed by atoms with Crippen LogP contribution in [0.15, 0.2) is 0 Å². The highest BCUT2D eigenvalue weighted by Crippen LogP contribution is 1.93. The summed E-state index contributed by atoms with van der Waals surface area (Å²) in [6, 6.07) is -0.377. The maximum absolute atomic E-state index is 10.3. The zero-order valence-corrected chi connectivity index (χ0v) is 6.20. The van der Waals surface area contributed by atoms with E-state index >= 15 is 0 Å². The summed E-state index contributed by atoms with van der Waals surface area (Å²) in [5.41, 5.74) is 4.88. The fraction of sp³-hybridized carbons (Fsp3) is 0.667. The van der Waals surface area contributed by atoms with Gasteiger partial charge in [0, 0.05) is 6.42 Å². The molecule has 58 valence electrons. The van der Waals surface area contributed by atoms with Crippen molar-refractivity contribution in [2.75, 3.05) is 14.1 Å². The number of nitrogens with two attached hydrogens (primary N) is 1. The Hall–Kier alpha value is -0.900. The molecule has 4 nitrogen and oxygen atoms in total. The Bertz CT molecular complexity index is 134. The number of rotatable bonds is 4. The summed E-state index contributed by atoms with van der Waals surface area (Å²) in [7, 11) is 3.45. The van der Waals surface area contributed by atoms with Crippen molar-refractivity contribution >= 4 is 12.2 Å². The van der Waals surface area contributed by atoms with Gasteiger partial charge in [0.25, 0.3) is 0 Å². The maximum atomic E-state index is 10.3. The predicted octanol–water partition coefficient (Wildman–Crippen LogP) is -1.01. The van der Waals surface area contributed by atoms with Gasteiger partial charge in [0.2, 0.25) is 5.91 Å². The smallest absolute Gasteiger partial charge is 0.219 e. The minimum atomic E-state index is -0.453. The molecule has 0 rings (SSSR count). The first kappa shape index (κ1) is 9.10. The van der Waals surface area contributed by atoms with E-state index in [9.17, 15) is 9.59 Å². The van der Waals surface area contributed by atoms with Gasteiger partial charge < -0.3 is 10.5 Å². The van der Waals surface area contributed by atoms with Crippen LogP contribution in [0.2, 0.25) is 0 Å². The molecule has 0 aliphatic rings. The molecule has 0 fully saturated rings. The van der Waals surface area contributed by atoms with E-state index in [0.717, 1.165) is 0 Å². The highest BCUT2D eigenvalue weighted by Gasteiger charge is 2.11. The molecular weight excluding hydrogens is 132 g/mol. The normalized spacial score (nSPS) is 13.1. The van der Waals surface area contributed by atoms with Crippen molar-refractivity contribution in [1.29, 1.82) is 0 Å².